The van der Waals surface area contributed by atoms with Gasteiger partial charge in [0.2, 0.25) is 17.7 Å². The molecule has 5 aromatic rings. The van der Waals surface area contributed by atoms with Crippen LogP contribution in [0.4, 0.5) is 0 Å². The normalized spacial score (nSPS) is 17.8. The summed E-state index contributed by atoms with van der Waals surface area (Å²) in [5, 5.41) is 27.1. The van der Waals surface area contributed by atoms with Crippen molar-refractivity contribution in [1.29, 1.82) is 0 Å². The molecular formula is C50H61ClN8O7S2. The molecule has 2 aliphatic rings. The lowest BCUT2D eigenvalue weighted by molar-refractivity contribution is -0.147. The van der Waals surface area contributed by atoms with Crippen LogP contribution in [0.1, 0.15) is 110 Å². The number of hydrogen-bond acceptors (Lipinski definition) is 13. The number of amides is 3. The molecule has 5 atom stereocenters. The molecule has 15 nitrogen and oxygen atoms in total. The summed E-state index contributed by atoms with van der Waals surface area (Å²) in [6, 6.07) is 13.7. The monoisotopic (exact) mass is 984 g/mol. The van der Waals surface area contributed by atoms with Gasteiger partial charge in [0.25, 0.3) is 0 Å². The molecule has 0 bridgehead atoms. The van der Waals surface area contributed by atoms with Gasteiger partial charge in [0.1, 0.15) is 29.5 Å². The van der Waals surface area contributed by atoms with Gasteiger partial charge in [0.05, 0.1) is 53.6 Å². The molecule has 3 amide bonds. The van der Waals surface area contributed by atoms with Gasteiger partial charge in [-0.2, -0.15) is 0 Å². The van der Waals surface area contributed by atoms with E-state index in [1.807, 2.05) is 100 Å². The maximum absolute atomic E-state index is 14.1. The number of hydrogen-bond donors (Lipinski definition) is 3. The van der Waals surface area contributed by atoms with E-state index in [1.165, 1.54) is 4.90 Å². The van der Waals surface area contributed by atoms with E-state index >= 15 is 0 Å². The fourth-order valence-corrected chi connectivity index (χ4v) is 10.8. The summed E-state index contributed by atoms with van der Waals surface area (Å²) in [5.74, 6) is -0.540. The van der Waals surface area contributed by atoms with Crippen LogP contribution in [0.3, 0.4) is 0 Å². The van der Waals surface area contributed by atoms with Gasteiger partial charge in [-0.1, -0.05) is 68.8 Å². The average molecular weight is 986 g/mol. The van der Waals surface area contributed by atoms with Gasteiger partial charge >= 0.3 is 0 Å². The molecule has 0 spiro atoms. The van der Waals surface area contributed by atoms with E-state index in [9.17, 15) is 24.3 Å². The first-order valence-electron chi connectivity index (χ1n) is 23.0. The minimum atomic E-state index is -0.873. The van der Waals surface area contributed by atoms with Crippen molar-refractivity contribution < 1.29 is 33.8 Å². The van der Waals surface area contributed by atoms with E-state index in [0.717, 1.165) is 59.8 Å². The van der Waals surface area contributed by atoms with Crippen molar-refractivity contribution in [3.05, 3.63) is 104 Å². The minimum Gasteiger partial charge on any atom is -0.391 e. The van der Waals surface area contributed by atoms with Crippen molar-refractivity contribution in [1.82, 2.24) is 35.3 Å². The number of halogens is 1. The van der Waals surface area contributed by atoms with Gasteiger partial charge in [0.15, 0.2) is 11.6 Å². The number of aromatic nitrogens is 4. The van der Waals surface area contributed by atoms with Crippen molar-refractivity contribution >= 4 is 63.5 Å². The van der Waals surface area contributed by atoms with E-state index in [1.54, 1.807) is 22.7 Å². The third-order valence-corrected chi connectivity index (χ3v) is 15.0. The molecular weight excluding hydrogens is 924 g/mol. The zero-order valence-corrected chi connectivity index (χ0v) is 42.3. The summed E-state index contributed by atoms with van der Waals surface area (Å²) in [6.45, 7) is 16.5. The lowest BCUT2D eigenvalue weighted by Crippen LogP contribution is -2.50. The number of rotatable bonds is 19. The number of nitrogens with zero attached hydrogens (tertiary/aromatic N) is 6. The molecule has 5 heterocycles. The van der Waals surface area contributed by atoms with Crippen molar-refractivity contribution in [2.45, 2.75) is 105 Å². The fraction of sp³-hybridized carbons (Fsp3) is 0.480. The van der Waals surface area contributed by atoms with Gasteiger partial charge < -0.3 is 30.1 Å². The maximum Gasteiger partial charge on any atom is 0.243 e. The number of aliphatic imine (C=N–C) groups is 1. The Morgan fingerprint density at radius 3 is 2.35 bits per heavy atom. The molecule has 68 heavy (non-hydrogen) atoms. The zero-order chi connectivity index (χ0) is 48.9. The number of aryl methyl sites for hydroxylation is 3. The predicted octanol–water partition coefficient (Wildman–Crippen LogP) is 7.62. The number of β-amino-alcohol motifs (C(OH)–C–C–N with tert-alkyl or cyclic N) is 1. The minimum absolute atomic E-state index is 0.00716. The summed E-state index contributed by atoms with van der Waals surface area (Å²) in [4.78, 5) is 67.6. The molecule has 18 heteroatoms. The molecule has 0 unspecified atom stereocenters. The third kappa shape index (κ3) is 11.8. The van der Waals surface area contributed by atoms with E-state index in [0.29, 0.717) is 30.4 Å². The molecule has 0 saturated carbocycles. The van der Waals surface area contributed by atoms with Crippen molar-refractivity contribution in [2.24, 2.45) is 16.3 Å². The largest absolute Gasteiger partial charge is 0.391 e. The Hall–Kier alpha value is -5.17. The number of thiazole rings is 1. The van der Waals surface area contributed by atoms with E-state index in [2.05, 4.69) is 39.7 Å². The molecule has 7 rings (SSSR count). The lowest BCUT2D eigenvalue weighted by Gasteiger charge is -2.35. The van der Waals surface area contributed by atoms with Crippen LogP contribution in [0.15, 0.2) is 59.0 Å². The van der Waals surface area contributed by atoms with Crippen LogP contribution in [0, 0.1) is 39.0 Å². The smallest absolute Gasteiger partial charge is 0.243 e. The second-order valence-corrected chi connectivity index (χ2v) is 21.1. The Labute approximate surface area is 410 Å². The Balaban J connectivity index is 0.840. The summed E-state index contributed by atoms with van der Waals surface area (Å²) in [6.07, 6.45) is -0.202. The van der Waals surface area contributed by atoms with Crippen LogP contribution in [0.2, 0.25) is 5.02 Å². The number of carbonyl (C=O) groups excluding carboxylic acids is 4. The van der Waals surface area contributed by atoms with Crippen LogP contribution in [-0.4, -0.2) is 111 Å². The van der Waals surface area contributed by atoms with Crippen LogP contribution in [0.25, 0.3) is 15.4 Å². The van der Waals surface area contributed by atoms with Gasteiger partial charge in [-0.05, 0) is 75.3 Å². The Bertz CT molecular complexity index is 2640. The van der Waals surface area contributed by atoms with Crippen LogP contribution >= 0.6 is 34.3 Å². The Morgan fingerprint density at radius 2 is 1.66 bits per heavy atom. The summed E-state index contributed by atoms with van der Waals surface area (Å²) < 4.78 is 13.4. The number of ether oxygens (including phenoxy) is 2. The Morgan fingerprint density at radius 1 is 0.956 bits per heavy atom. The van der Waals surface area contributed by atoms with E-state index in [4.69, 9.17) is 26.1 Å². The number of nitrogens with one attached hydrogen (secondary N) is 2. The second kappa shape index (κ2) is 22.1. The fourth-order valence-electron chi connectivity index (χ4n) is 8.64. The number of Topliss-reactive ketones (excluding diaryl/α,β-unsaturated/α-hetero) is 1. The SMILES string of the molecule is Cc1ncsc1-c1ccc([C@H](C)NC(=O)[C@@H]2C[C@@H](O)CN2C(=O)[C@@H](CC(=O)COCCOCCCNC(=O)C[C@@H]2N=C(c3ccc(Cl)cc3)c3c(sc(C)c3C)-n3c(C)nnc32)C(C)(C)C)cc1. The highest BCUT2D eigenvalue weighted by Crippen LogP contribution is 2.40. The second-order valence-electron chi connectivity index (χ2n) is 18.7. The molecule has 1 saturated heterocycles. The average Bonchev–Trinajstić information content (AvgIpc) is 4.07. The molecule has 3 aromatic heterocycles. The molecule has 0 radical (unpaired) electrons. The molecule has 2 aliphatic heterocycles. The first-order chi connectivity index (χ1) is 32.4. The maximum atomic E-state index is 14.1. The van der Waals surface area contributed by atoms with Gasteiger partial charge in [-0.25, -0.2) is 4.98 Å². The molecule has 2 aromatic carbocycles. The highest BCUT2D eigenvalue weighted by molar-refractivity contribution is 7.15. The molecule has 3 N–H and O–H groups in total. The van der Waals surface area contributed by atoms with Gasteiger partial charge in [0, 0.05) is 59.5 Å². The summed E-state index contributed by atoms with van der Waals surface area (Å²) >= 11 is 9.47. The number of carbonyl (C=O) groups is 4. The number of fused-ring (bicyclic) bond motifs is 3. The first-order valence-corrected chi connectivity index (χ1v) is 25.1. The van der Waals surface area contributed by atoms with Crippen molar-refractivity contribution in [2.75, 3.05) is 39.5 Å². The van der Waals surface area contributed by atoms with Crippen LogP contribution < -0.4 is 10.6 Å². The standard InChI is InChI=1S/C50H61ClN8O7S2/c1-28-31(4)68-49-43(28)44(34-14-16-36(51)17-15-34)55-40(46-57-56-32(5)59(46)49)24-42(62)52-18-9-19-65-20-21-66-26-38(61)22-39(50(6,7)8)48(64)58-25-37(60)23-41(58)47(63)54-29(2)33-10-12-35(13-11-33)45-30(3)53-27-67-45/h10-17,27,29,37,39-41,60H,9,18-26H2,1-8H3,(H,52,62)(H,54,63)/t29-,37+,39+,40-,41-/m0/s1. The number of aliphatic hydroxyl groups excluding tert-OH is 1. The highest BCUT2D eigenvalue weighted by Gasteiger charge is 2.44. The van der Waals surface area contributed by atoms with Crippen molar-refractivity contribution in [3.63, 3.8) is 0 Å². The van der Waals surface area contributed by atoms with E-state index in [-0.39, 0.29) is 75.2 Å². The highest BCUT2D eigenvalue weighted by atomic mass is 35.5. The van der Waals surface area contributed by atoms with Crippen LogP contribution in [-0.2, 0) is 28.7 Å². The number of thiophene rings is 1. The topological polar surface area (TPSA) is 190 Å². The lowest BCUT2D eigenvalue weighted by atomic mass is 9.77. The zero-order valence-electron chi connectivity index (χ0n) is 39.9. The molecule has 0 aliphatic carbocycles. The summed E-state index contributed by atoms with van der Waals surface area (Å²) in [5.41, 5.74) is 7.92. The predicted molar refractivity (Wildman–Crippen MR) is 265 cm³/mol. The number of ketones is 1. The first kappa shape index (κ1) is 50.7. The van der Waals surface area contributed by atoms with Gasteiger partial charge in [-0.15, -0.1) is 32.9 Å². The van der Waals surface area contributed by atoms with Crippen molar-refractivity contribution in [3.8, 4) is 15.4 Å². The summed E-state index contributed by atoms with van der Waals surface area (Å²) in [7, 11) is 0. The number of likely N-dealkylation sites (tertiary alicyclic amines) is 1. The molecule has 362 valence electrons. The Kier molecular flexibility index (Phi) is 16.5. The van der Waals surface area contributed by atoms with Crippen LogP contribution in [0.5, 0.6) is 0 Å². The van der Waals surface area contributed by atoms with E-state index < -0.39 is 29.5 Å². The number of aliphatic hydroxyl groups is 1. The van der Waals surface area contributed by atoms with Gasteiger partial charge in [-0.3, -0.25) is 28.7 Å². The third-order valence-electron chi connectivity index (χ3n) is 12.6. The molecule has 1 fully saturated rings. The number of benzene rings is 2. The quantitative estimate of drug-likeness (QED) is 0.0694.